The maximum absolute atomic E-state index is 13.8. The number of halogens is 1. The topological polar surface area (TPSA) is 39.8 Å². The van der Waals surface area contributed by atoms with E-state index in [1.54, 1.807) is 10.6 Å². The van der Waals surface area contributed by atoms with Crippen LogP contribution in [0.2, 0.25) is 0 Å². The molecule has 0 saturated heterocycles. The van der Waals surface area contributed by atoms with Gasteiger partial charge in [0, 0.05) is 30.1 Å². The average molecular weight is 442 g/mol. The Bertz CT molecular complexity index is 1380. The zero-order valence-corrected chi connectivity index (χ0v) is 19.3. The minimum atomic E-state index is -0.283. The van der Waals surface area contributed by atoms with Gasteiger partial charge in [0.25, 0.3) is 5.56 Å². The van der Waals surface area contributed by atoms with Crippen LogP contribution in [0.25, 0.3) is 5.69 Å². The number of pyridine rings is 1. The molecule has 0 aliphatic heterocycles. The Balaban J connectivity index is 1.50. The third kappa shape index (κ3) is 4.40. The van der Waals surface area contributed by atoms with Gasteiger partial charge >= 0.3 is 0 Å². The van der Waals surface area contributed by atoms with Crippen molar-refractivity contribution in [2.45, 2.75) is 52.0 Å². The maximum Gasteiger partial charge on any atom is 0.254 e. The Kier molecular flexibility index (Phi) is 5.49. The maximum atomic E-state index is 13.8. The summed E-state index contributed by atoms with van der Waals surface area (Å²) in [6.07, 6.45) is 8.69. The molecule has 0 bridgehead atoms. The lowest BCUT2D eigenvalue weighted by Crippen LogP contribution is -2.27. The van der Waals surface area contributed by atoms with Crippen LogP contribution in [0, 0.1) is 19.7 Å². The molecular weight excluding hydrogens is 413 g/mol. The minimum absolute atomic E-state index is 0.0110. The van der Waals surface area contributed by atoms with Gasteiger partial charge in [0.15, 0.2) is 0 Å². The number of hydrogen-bond donors (Lipinski definition) is 0. The summed E-state index contributed by atoms with van der Waals surface area (Å²) < 4.78 is 17.6. The summed E-state index contributed by atoms with van der Waals surface area (Å²) in [5.74, 6) is 0.235. The molecule has 5 heteroatoms. The molecule has 1 atom stereocenters. The molecule has 0 radical (unpaired) electrons. The monoisotopic (exact) mass is 441 g/mol. The van der Waals surface area contributed by atoms with Crippen molar-refractivity contribution in [1.82, 2.24) is 14.1 Å². The highest BCUT2D eigenvalue weighted by molar-refractivity contribution is 5.44. The minimum Gasteiger partial charge on any atom is -0.308 e. The van der Waals surface area contributed by atoms with Crippen molar-refractivity contribution < 1.29 is 4.39 Å². The van der Waals surface area contributed by atoms with Gasteiger partial charge < -0.3 is 9.13 Å². The van der Waals surface area contributed by atoms with E-state index in [0.717, 1.165) is 46.5 Å². The SMILES string of the molecule is Cc1cn(-c2ccc(Cc3cc(C4CC4)cn([C@@H](C)c4cccc(F)c4)c3=O)cc2C)cn1. The summed E-state index contributed by atoms with van der Waals surface area (Å²) in [4.78, 5) is 17.8. The number of imidazole rings is 1. The van der Waals surface area contributed by atoms with Crippen LogP contribution in [0.4, 0.5) is 4.39 Å². The number of benzene rings is 2. The van der Waals surface area contributed by atoms with Crippen LogP contribution in [0.1, 0.15) is 65.2 Å². The Morgan fingerprint density at radius 1 is 1.09 bits per heavy atom. The molecule has 2 aromatic carbocycles. The molecule has 1 saturated carbocycles. The van der Waals surface area contributed by atoms with Crippen molar-refractivity contribution in [3.8, 4) is 5.69 Å². The normalized spacial score (nSPS) is 14.4. The largest absolute Gasteiger partial charge is 0.308 e. The van der Waals surface area contributed by atoms with Crippen LogP contribution in [0.15, 0.2) is 72.0 Å². The quantitative estimate of drug-likeness (QED) is 0.376. The fraction of sp³-hybridized carbons (Fsp3) is 0.286. The Morgan fingerprint density at radius 3 is 2.58 bits per heavy atom. The molecule has 5 rings (SSSR count). The van der Waals surface area contributed by atoms with Crippen molar-refractivity contribution in [3.05, 3.63) is 117 Å². The Hall–Kier alpha value is -3.47. The summed E-state index contributed by atoms with van der Waals surface area (Å²) in [6.45, 7) is 6.02. The summed E-state index contributed by atoms with van der Waals surface area (Å²) in [5, 5.41) is 0. The molecule has 4 aromatic rings. The van der Waals surface area contributed by atoms with E-state index in [1.807, 2.05) is 43.2 Å². The van der Waals surface area contributed by atoms with Crippen molar-refractivity contribution in [2.75, 3.05) is 0 Å². The number of aromatic nitrogens is 3. The zero-order valence-electron chi connectivity index (χ0n) is 19.3. The molecule has 0 N–H and O–H groups in total. The Labute approximate surface area is 193 Å². The van der Waals surface area contributed by atoms with Gasteiger partial charge in [-0.25, -0.2) is 9.37 Å². The lowest BCUT2D eigenvalue weighted by Gasteiger charge is -2.19. The van der Waals surface area contributed by atoms with E-state index in [1.165, 1.54) is 17.7 Å². The van der Waals surface area contributed by atoms with Gasteiger partial charge in [-0.05, 0) is 86.1 Å². The van der Waals surface area contributed by atoms with E-state index < -0.39 is 0 Å². The van der Waals surface area contributed by atoms with Crippen LogP contribution < -0.4 is 5.56 Å². The average Bonchev–Trinajstić information content (AvgIpc) is 3.55. The van der Waals surface area contributed by atoms with Crippen molar-refractivity contribution in [3.63, 3.8) is 0 Å². The molecule has 2 heterocycles. The summed E-state index contributed by atoms with van der Waals surface area (Å²) >= 11 is 0. The van der Waals surface area contributed by atoms with Gasteiger partial charge in [0.2, 0.25) is 0 Å². The van der Waals surface area contributed by atoms with Gasteiger partial charge in [-0.15, -0.1) is 0 Å². The van der Waals surface area contributed by atoms with Crippen LogP contribution in [0.3, 0.4) is 0 Å². The first-order valence-corrected chi connectivity index (χ1v) is 11.5. The second-order valence-electron chi connectivity index (χ2n) is 9.24. The summed E-state index contributed by atoms with van der Waals surface area (Å²) in [5.41, 5.74) is 7.07. The molecule has 0 spiro atoms. The molecule has 33 heavy (non-hydrogen) atoms. The second kappa shape index (κ2) is 8.47. The molecule has 168 valence electrons. The number of aryl methyl sites for hydroxylation is 2. The summed E-state index contributed by atoms with van der Waals surface area (Å²) in [7, 11) is 0. The van der Waals surface area contributed by atoms with Crippen LogP contribution >= 0.6 is 0 Å². The third-order valence-corrected chi connectivity index (χ3v) is 6.58. The van der Waals surface area contributed by atoms with E-state index in [9.17, 15) is 9.18 Å². The molecule has 0 unspecified atom stereocenters. The second-order valence-corrected chi connectivity index (χ2v) is 9.24. The molecular formula is C28H28FN3O. The fourth-order valence-electron chi connectivity index (χ4n) is 4.56. The predicted molar refractivity (Wildman–Crippen MR) is 129 cm³/mol. The molecule has 1 aliphatic rings. The molecule has 2 aromatic heterocycles. The zero-order chi connectivity index (χ0) is 23.1. The fourth-order valence-corrected chi connectivity index (χ4v) is 4.56. The van der Waals surface area contributed by atoms with Crippen LogP contribution in [0.5, 0.6) is 0 Å². The Morgan fingerprint density at radius 2 is 1.91 bits per heavy atom. The van der Waals surface area contributed by atoms with E-state index in [0.29, 0.717) is 12.3 Å². The number of rotatable bonds is 6. The smallest absolute Gasteiger partial charge is 0.254 e. The van der Waals surface area contributed by atoms with E-state index in [2.05, 4.69) is 36.2 Å². The van der Waals surface area contributed by atoms with Gasteiger partial charge in [-0.2, -0.15) is 0 Å². The summed E-state index contributed by atoms with van der Waals surface area (Å²) in [6, 6.07) is 14.7. The van der Waals surface area contributed by atoms with Crippen LogP contribution in [-0.2, 0) is 6.42 Å². The van der Waals surface area contributed by atoms with Gasteiger partial charge in [-0.1, -0.05) is 24.3 Å². The van der Waals surface area contributed by atoms with E-state index >= 15 is 0 Å². The number of hydrogen-bond acceptors (Lipinski definition) is 2. The highest BCUT2D eigenvalue weighted by Crippen LogP contribution is 2.40. The van der Waals surface area contributed by atoms with Crippen molar-refractivity contribution >= 4 is 0 Å². The van der Waals surface area contributed by atoms with Gasteiger partial charge in [0.05, 0.1) is 18.1 Å². The number of nitrogens with zero attached hydrogens (tertiary/aromatic N) is 3. The van der Waals surface area contributed by atoms with Gasteiger partial charge in [0.1, 0.15) is 5.82 Å². The first-order valence-electron chi connectivity index (χ1n) is 11.5. The molecule has 4 nitrogen and oxygen atoms in total. The predicted octanol–water partition coefficient (Wildman–Crippen LogP) is 5.87. The highest BCUT2D eigenvalue weighted by Gasteiger charge is 2.26. The standard InChI is InChI=1S/C28H28FN3O/c1-18-11-21(7-10-27(18)31-15-19(2)30-17-31)12-24-13-25(22-8-9-22)16-32(28(24)33)20(3)23-5-4-6-26(29)14-23/h4-7,10-11,13-17,20,22H,8-9,12H2,1-3H3/t20-/m0/s1. The third-order valence-electron chi connectivity index (χ3n) is 6.58. The molecule has 0 amide bonds. The first kappa shape index (κ1) is 21.4. The van der Waals surface area contributed by atoms with Crippen LogP contribution in [-0.4, -0.2) is 14.1 Å². The first-order chi connectivity index (χ1) is 15.9. The lowest BCUT2D eigenvalue weighted by molar-refractivity contribution is 0.587. The van der Waals surface area contributed by atoms with E-state index in [-0.39, 0.29) is 17.4 Å². The van der Waals surface area contributed by atoms with Gasteiger partial charge in [-0.3, -0.25) is 4.79 Å². The van der Waals surface area contributed by atoms with Crippen molar-refractivity contribution in [2.24, 2.45) is 0 Å². The molecule has 1 aliphatic carbocycles. The molecule has 1 fully saturated rings. The lowest BCUT2D eigenvalue weighted by atomic mass is 10.00. The van der Waals surface area contributed by atoms with E-state index in [4.69, 9.17) is 0 Å². The highest BCUT2D eigenvalue weighted by atomic mass is 19.1. The van der Waals surface area contributed by atoms with Crippen molar-refractivity contribution in [1.29, 1.82) is 0 Å².